The lowest BCUT2D eigenvalue weighted by molar-refractivity contribution is 0.102. The van der Waals surface area contributed by atoms with E-state index in [-0.39, 0.29) is 5.91 Å². The van der Waals surface area contributed by atoms with E-state index in [9.17, 15) is 4.79 Å². The first-order chi connectivity index (χ1) is 15.7. The number of anilines is 3. The molecule has 1 aliphatic carbocycles. The Morgan fingerprint density at radius 1 is 0.906 bits per heavy atom. The van der Waals surface area contributed by atoms with Crippen LogP contribution in [0, 0.1) is 0 Å². The Morgan fingerprint density at radius 2 is 1.66 bits per heavy atom. The topological polar surface area (TPSA) is 71.3 Å². The average molecular weight is 446 g/mol. The maximum Gasteiger partial charge on any atom is 0.263 e. The van der Waals surface area contributed by atoms with Gasteiger partial charge in [0, 0.05) is 28.3 Å². The van der Waals surface area contributed by atoms with Gasteiger partial charge in [-0.25, -0.2) is 9.50 Å². The van der Waals surface area contributed by atoms with E-state index in [0.29, 0.717) is 27.7 Å². The fraction of sp³-hybridized carbons (Fsp3) is 0.240. The van der Waals surface area contributed by atoms with Crippen molar-refractivity contribution >= 4 is 40.3 Å². The first kappa shape index (κ1) is 20.5. The van der Waals surface area contributed by atoms with Gasteiger partial charge in [0.2, 0.25) is 0 Å². The molecule has 0 atom stereocenters. The van der Waals surface area contributed by atoms with Crippen molar-refractivity contribution in [1.29, 1.82) is 0 Å². The fourth-order valence-corrected chi connectivity index (χ4v) is 4.31. The lowest BCUT2D eigenvalue weighted by Gasteiger charge is -2.14. The molecule has 7 heteroatoms. The number of aryl methyl sites for hydroxylation is 2. The molecule has 0 spiro atoms. The van der Waals surface area contributed by atoms with Crippen LogP contribution in [-0.4, -0.2) is 20.5 Å². The van der Waals surface area contributed by atoms with Crippen LogP contribution in [0.4, 0.5) is 17.2 Å². The number of nitrogens with zero attached hydrogens (tertiary/aromatic N) is 3. The summed E-state index contributed by atoms with van der Waals surface area (Å²) >= 11 is 5.99. The number of carbonyl (C=O) groups excluding carboxylic acids is 1. The van der Waals surface area contributed by atoms with Crippen molar-refractivity contribution in [1.82, 2.24) is 14.6 Å². The molecule has 5 rings (SSSR count). The zero-order valence-electron chi connectivity index (χ0n) is 17.6. The number of hydrogen-bond donors (Lipinski definition) is 2. The van der Waals surface area contributed by atoms with E-state index >= 15 is 0 Å². The number of hydrogen-bond acceptors (Lipinski definition) is 4. The summed E-state index contributed by atoms with van der Waals surface area (Å²) in [5.74, 6) is 0.227. The lowest BCUT2D eigenvalue weighted by Crippen LogP contribution is -2.14. The minimum absolute atomic E-state index is 0.265. The summed E-state index contributed by atoms with van der Waals surface area (Å²) in [7, 11) is 0. The largest absolute Gasteiger partial charge is 0.338 e. The van der Waals surface area contributed by atoms with E-state index in [2.05, 4.69) is 15.6 Å². The number of carbonyl (C=O) groups is 1. The van der Waals surface area contributed by atoms with E-state index in [4.69, 9.17) is 16.7 Å². The molecule has 2 aromatic carbocycles. The van der Waals surface area contributed by atoms with Gasteiger partial charge in [0.1, 0.15) is 5.56 Å². The molecule has 0 aliphatic heterocycles. The minimum Gasteiger partial charge on any atom is -0.338 e. The fourth-order valence-electron chi connectivity index (χ4n) is 4.18. The number of rotatable bonds is 4. The predicted octanol–water partition coefficient (Wildman–Crippen LogP) is 6.04. The van der Waals surface area contributed by atoms with Crippen molar-refractivity contribution in [2.24, 2.45) is 0 Å². The Balaban J connectivity index is 1.60. The van der Waals surface area contributed by atoms with Crippen molar-refractivity contribution in [3.63, 3.8) is 0 Å². The van der Waals surface area contributed by atoms with Gasteiger partial charge < -0.3 is 10.6 Å². The first-order valence-electron chi connectivity index (χ1n) is 11.0. The Kier molecular flexibility index (Phi) is 5.77. The molecule has 1 amide bonds. The molecule has 2 heterocycles. The quantitative estimate of drug-likeness (QED) is 0.402. The van der Waals surface area contributed by atoms with E-state index in [1.165, 1.54) is 18.4 Å². The van der Waals surface area contributed by atoms with Crippen LogP contribution < -0.4 is 10.6 Å². The monoisotopic (exact) mass is 445 g/mol. The van der Waals surface area contributed by atoms with Crippen LogP contribution in [0.25, 0.3) is 5.65 Å². The zero-order valence-corrected chi connectivity index (χ0v) is 18.4. The third-order valence-electron chi connectivity index (χ3n) is 5.81. The van der Waals surface area contributed by atoms with Crippen LogP contribution in [0.1, 0.15) is 47.3 Å². The molecule has 162 valence electrons. The van der Waals surface area contributed by atoms with Gasteiger partial charge in [-0.3, -0.25) is 4.79 Å². The molecule has 2 N–H and O–H groups in total. The van der Waals surface area contributed by atoms with Crippen molar-refractivity contribution in [3.05, 3.63) is 82.6 Å². The lowest BCUT2D eigenvalue weighted by atomic mass is 9.98. The minimum atomic E-state index is -0.265. The number of benzene rings is 2. The second-order valence-corrected chi connectivity index (χ2v) is 8.49. The highest BCUT2D eigenvalue weighted by Gasteiger charge is 2.24. The van der Waals surface area contributed by atoms with Crippen LogP contribution in [0.15, 0.2) is 60.8 Å². The molecule has 0 radical (unpaired) electrons. The normalized spacial score (nSPS) is 13.8. The van der Waals surface area contributed by atoms with Gasteiger partial charge in [0.05, 0.1) is 0 Å². The van der Waals surface area contributed by atoms with Crippen molar-refractivity contribution in [2.75, 3.05) is 10.6 Å². The summed E-state index contributed by atoms with van der Waals surface area (Å²) in [6.07, 6.45) is 8.56. The van der Waals surface area contributed by atoms with Gasteiger partial charge >= 0.3 is 0 Å². The smallest absolute Gasteiger partial charge is 0.263 e. The molecule has 32 heavy (non-hydrogen) atoms. The Bertz CT molecular complexity index is 1250. The van der Waals surface area contributed by atoms with Gasteiger partial charge in [-0.1, -0.05) is 42.6 Å². The summed E-state index contributed by atoms with van der Waals surface area (Å²) in [6.45, 7) is 0. The van der Waals surface area contributed by atoms with E-state index in [1.807, 2.05) is 41.0 Å². The molecule has 6 nitrogen and oxygen atoms in total. The molecule has 1 aliphatic rings. The second kappa shape index (κ2) is 9.01. The van der Waals surface area contributed by atoms with Crippen LogP contribution in [0.2, 0.25) is 5.02 Å². The van der Waals surface area contributed by atoms with Crippen LogP contribution in [-0.2, 0) is 12.8 Å². The first-order valence-corrected chi connectivity index (χ1v) is 11.4. The average Bonchev–Trinajstić information content (AvgIpc) is 3.14. The number of amides is 1. The molecular weight excluding hydrogens is 422 g/mol. The molecule has 0 fully saturated rings. The van der Waals surface area contributed by atoms with Crippen molar-refractivity contribution in [2.45, 2.75) is 38.5 Å². The molecule has 2 aromatic heterocycles. The maximum absolute atomic E-state index is 13.4. The van der Waals surface area contributed by atoms with Gasteiger partial charge in [0.15, 0.2) is 11.5 Å². The van der Waals surface area contributed by atoms with Gasteiger partial charge in [0.25, 0.3) is 5.91 Å². The number of fused-ring (bicyclic) bond motifs is 3. The highest BCUT2D eigenvalue weighted by atomic mass is 35.5. The Hall–Kier alpha value is -3.38. The summed E-state index contributed by atoms with van der Waals surface area (Å²) in [5.41, 5.74) is 4.88. The summed E-state index contributed by atoms with van der Waals surface area (Å²) in [5, 5.41) is 11.7. The van der Waals surface area contributed by atoms with Crippen LogP contribution in [0.3, 0.4) is 0 Å². The number of para-hydroxylation sites is 1. The number of nitrogens with one attached hydrogen (secondary N) is 2. The maximum atomic E-state index is 13.4. The van der Waals surface area contributed by atoms with E-state index in [1.54, 1.807) is 24.3 Å². The summed E-state index contributed by atoms with van der Waals surface area (Å²) in [4.78, 5) is 18.1. The van der Waals surface area contributed by atoms with Gasteiger partial charge in [-0.05, 0) is 67.6 Å². The second-order valence-electron chi connectivity index (χ2n) is 8.06. The standard InChI is InChI=1S/C25H24ClN5O/c26-18-12-14-20(15-13-18)29-25(32)22-23(28-19-9-5-3-6-10-19)30-31-21-11-7-2-1-4-8-17(21)16-27-24(22)31/h3,5-6,9-10,12-16H,1-2,4,7-8,11H2,(H,28,30)(H,29,32). The highest BCUT2D eigenvalue weighted by Crippen LogP contribution is 2.28. The van der Waals surface area contributed by atoms with E-state index < -0.39 is 0 Å². The van der Waals surface area contributed by atoms with Crippen LogP contribution >= 0.6 is 11.6 Å². The molecular formula is C25H24ClN5O. The van der Waals surface area contributed by atoms with Gasteiger partial charge in [-0.15, -0.1) is 5.10 Å². The SMILES string of the molecule is O=C(Nc1ccc(Cl)cc1)c1c(Nc2ccccc2)nn2c3c(cnc12)CCCCCC3. The number of aromatic nitrogens is 3. The third kappa shape index (κ3) is 4.18. The Morgan fingerprint density at radius 3 is 2.44 bits per heavy atom. The van der Waals surface area contributed by atoms with Crippen LogP contribution in [0.5, 0.6) is 0 Å². The zero-order chi connectivity index (χ0) is 21.9. The summed E-state index contributed by atoms with van der Waals surface area (Å²) < 4.78 is 1.86. The molecule has 0 unspecified atom stereocenters. The van der Waals surface area contributed by atoms with E-state index in [0.717, 1.165) is 37.1 Å². The summed E-state index contributed by atoms with van der Waals surface area (Å²) in [6, 6.07) is 16.8. The number of halogens is 1. The van der Waals surface area contributed by atoms with Gasteiger partial charge in [-0.2, -0.15) is 0 Å². The third-order valence-corrected chi connectivity index (χ3v) is 6.06. The molecule has 0 saturated heterocycles. The molecule has 4 aromatic rings. The molecule has 0 bridgehead atoms. The van der Waals surface area contributed by atoms with Crippen molar-refractivity contribution in [3.8, 4) is 0 Å². The van der Waals surface area contributed by atoms with Crippen molar-refractivity contribution < 1.29 is 4.79 Å². The predicted molar refractivity (Wildman–Crippen MR) is 128 cm³/mol. The molecule has 0 saturated carbocycles. The highest BCUT2D eigenvalue weighted by molar-refractivity contribution is 6.30. The Labute approximate surface area is 191 Å².